The fourth-order valence-corrected chi connectivity index (χ4v) is 3.85. The van der Waals surface area contributed by atoms with E-state index in [0.717, 1.165) is 10.0 Å². The van der Waals surface area contributed by atoms with E-state index in [0.29, 0.717) is 46.6 Å². The summed E-state index contributed by atoms with van der Waals surface area (Å²) in [6.45, 7) is 2.60. The zero-order chi connectivity index (χ0) is 18.1. The lowest BCUT2D eigenvalue weighted by atomic mass is 10.1. The summed E-state index contributed by atoms with van der Waals surface area (Å²) in [5.41, 5.74) is 1.99. The predicted molar refractivity (Wildman–Crippen MR) is 102 cm³/mol. The molecule has 1 aliphatic heterocycles. The molecule has 130 valence electrons. The Morgan fingerprint density at radius 1 is 1.16 bits per heavy atom. The minimum Gasteiger partial charge on any atom is -0.492 e. The summed E-state index contributed by atoms with van der Waals surface area (Å²) in [6, 6.07) is 8.62. The molecular weight excluding hydrogens is 429 g/mol. The van der Waals surface area contributed by atoms with Gasteiger partial charge in [0.05, 0.1) is 22.9 Å². The topological polar surface area (TPSA) is 46.6 Å². The second kappa shape index (κ2) is 7.36. The number of amides is 1. The molecule has 0 bridgehead atoms. The second-order valence-electron chi connectivity index (χ2n) is 5.71. The highest BCUT2D eigenvalue weighted by Crippen LogP contribution is 2.37. The van der Waals surface area contributed by atoms with Crippen LogP contribution in [0, 0.1) is 6.92 Å². The van der Waals surface area contributed by atoms with Gasteiger partial charge in [0, 0.05) is 22.1 Å². The monoisotopic (exact) mass is 441 g/mol. The molecule has 0 unspecified atom stereocenters. The molecular formula is C18H14BrCl2NO3. The molecule has 0 spiro atoms. The Kier molecular flexibility index (Phi) is 5.37. The van der Waals surface area contributed by atoms with Crippen molar-refractivity contribution in [1.29, 1.82) is 0 Å². The van der Waals surface area contributed by atoms with Crippen LogP contribution >= 0.6 is 39.1 Å². The number of nitrogens with zero attached hydrogens (tertiary/aromatic N) is 1. The standard InChI is InChI=1S/C18H14BrCl2NO3/c1-10-7-12-16(13(19)8-10)22(18(24)17(12)23)5-2-6-25-15-9-11(20)3-4-14(15)21/h3-4,7-9H,2,5-6H2,1H3. The number of Topliss-reactive ketones (excluding diaryl/α,β-unsaturated/α-hetero) is 1. The van der Waals surface area contributed by atoms with Gasteiger partial charge in [-0.05, 0) is 59.1 Å². The number of ketones is 1. The van der Waals surface area contributed by atoms with Gasteiger partial charge in [-0.1, -0.05) is 23.2 Å². The summed E-state index contributed by atoms with van der Waals surface area (Å²) in [4.78, 5) is 25.9. The Bertz CT molecular complexity index is 870. The Morgan fingerprint density at radius 3 is 2.68 bits per heavy atom. The molecule has 2 aromatic carbocycles. The molecule has 7 heteroatoms. The molecule has 1 amide bonds. The maximum atomic E-state index is 12.3. The third-order valence-corrected chi connectivity index (χ3v) is 4.99. The van der Waals surface area contributed by atoms with Gasteiger partial charge >= 0.3 is 0 Å². The molecule has 1 heterocycles. The number of carbonyl (C=O) groups excluding carboxylic acids is 2. The molecule has 0 atom stereocenters. The number of rotatable bonds is 5. The van der Waals surface area contributed by atoms with Crippen LogP contribution in [-0.4, -0.2) is 24.8 Å². The van der Waals surface area contributed by atoms with Crippen LogP contribution in [0.25, 0.3) is 0 Å². The van der Waals surface area contributed by atoms with Crippen LogP contribution in [0.5, 0.6) is 5.75 Å². The van der Waals surface area contributed by atoms with Crippen LogP contribution in [0.1, 0.15) is 22.3 Å². The van der Waals surface area contributed by atoms with E-state index in [-0.39, 0.29) is 0 Å². The second-order valence-corrected chi connectivity index (χ2v) is 7.40. The molecule has 25 heavy (non-hydrogen) atoms. The third-order valence-electron chi connectivity index (χ3n) is 3.84. The molecule has 0 N–H and O–H groups in total. The van der Waals surface area contributed by atoms with Crippen LogP contribution in [0.2, 0.25) is 10.0 Å². The number of fused-ring (bicyclic) bond motifs is 1. The predicted octanol–water partition coefficient (Wildman–Crippen LogP) is 5.06. The summed E-state index contributed by atoms with van der Waals surface area (Å²) in [6.07, 6.45) is 0.543. The van der Waals surface area contributed by atoms with Crippen LogP contribution < -0.4 is 9.64 Å². The molecule has 0 aliphatic carbocycles. The van der Waals surface area contributed by atoms with Gasteiger partial charge in [0.15, 0.2) is 0 Å². The van der Waals surface area contributed by atoms with Gasteiger partial charge in [-0.2, -0.15) is 0 Å². The number of hydrogen-bond donors (Lipinski definition) is 0. The van der Waals surface area contributed by atoms with Gasteiger partial charge < -0.3 is 9.64 Å². The van der Waals surface area contributed by atoms with Crippen molar-refractivity contribution in [3.05, 3.63) is 56.0 Å². The van der Waals surface area contributed by atoms with Crippen molar-refractivity contribution in [2.75, 3.05) is 18.1 Å². The molecule has 2 aromatic rings. The van der Waals surface area contributed by atoms with Crippen molar-refractivity contribution in [2.24, 2.45) is 0 Å². The molecule has 0 saturated carbocycles. The van der Waals surface area contributed by atoms with Gasteiger partial charge in [-0.3, -0.25) is 9.59 Å². The third kappa shape index (κ3) is 3.68. The highest BCUT2D eigenvalue weighted by Gasteiger charge is 2.37. The number of halogens is 3. The maximum absolute atomic E-state index is 12.3. The quantitative estimate of drug-likeness (QED) is 0.480. The highest BCUT2D eigenvalue weighted by molar-refractivity contribution is 9.10. The first-order valence-corrected chi connectivity index (χ1v) is 9.17. The lowest BCUT2D eigenvalue weighted by molar-refractivity contribution is -0.114. The van der Waals surface area contributed by atoms with Crippen molar-refractivity contribution in [2.45, 2.75) is 13.3 Å². The zero-order valence-electron chi connectivity index (χ0n) is 13.3. The van der Waals surface area contributed by atoms with E-state index in [4.69, 9.17) is 27.9 Å². The molecule has 0 fully saturated rings. The largest absolute Gasteiger partial charge is 0.492 e. The molecule has 0 aromatic heterocycles. The minimum atomic E-state index is -0.512. The Labute approximate surface area is 163 Å². The average Bonchev–Trinajstić information content (AvgIpc) is 2.79. The van der Waals surface area contributed by atoms with Gasteiger partial charge in [0.1, 0.15) is 5.75 Å². The van der Waals surface area contributed by atoms with E-state index in [1.54, 1.807) is 24.3 Å². The fraction of sp³-hybridized carbons (Fsp3) is 0.222. The number of benzene rings is 2. The van der Waals surface area contributed by atoms with Crippen molar-refractivity contribution in [3.63, 3.8) is 0 Å². The lowest BCUT2D eigenvalue weighted by Crippen LogP contribution is -2.31. The molecule has 0 saturated heterocycles. The number of hydrogen-bond acceptors (Lipinski definition) is 3. The lowest BCUT2D eigenvalue weighted by Gasteiger charge is -2.18. The van der Waals surface area contributed by atoms with Crippen molar-refractivity contribution in [1.82, 2.24) is 0 Å². The van der Waals surface area contributed by atoms with E-state index in [1.807, 2.05) is 13.0 Å². The maximum Gasteiger partial charge on any atom is 0.299 e. The summed E-state index contributed by atoms with van der Waals surface area (Å²) in [7, 11) is 0. The van der Waals surface area contributed by atoms with E-state index < -0.39 is 11.7 Å². The fourth-order valence-electron chi connectivity index (χ4n) is 2.73. The summed E-state index contributed by atoms with van der Waals surface area (Å²) < 4.78 is 6.36. The van der Waals surface area contributed by atoms with Crippen molar-refractivity contribution in [3.8, 4) is 5.75 Å². The van der Waals surface area contributed by atoms with Gasteiger partial charge in [0.25, 0.3) is 11.7 Å². The van der Waals surface area contributed by atoms with Crippen LogP contribution in [-0.2, 0) is 4.79 Å². The van der Waals surface area contributed by atoms with Crippen molar-refractivity contribution >= 4 is 56.5 Å². The molecule has 4 nitrogen and oxygen atoms in total. The first kappa shape index (κ1) is 18.2. The van der Waals surface area contributed by atoms with Crippen LogP contribution in [0.4, 0.5) is 5.69 Å². The summed E-state index contributed by atoms with van der Waals surface area (Å²) >= 11 is 15.4. The SMILES string of the molecule is Cc1cc(Br)c2c(c1)C(=O)C(=O)N2CCCOc1cc(Cl)ccc1Cl. The molecule has 3 rings (SSSR count). The number of carbonyl (C=O) groups is 2. The Balaban J connectivity index is 1.67. The van der Waals surface area contributed by atoms with Gasteiger partial charge in [-0.15, -0.1) is 0 Å². The normalized spacial score (nSPS) is 13.4. The first-order valence-electron chi connectivity index (χ1n) is 7.62. The Morgan fingerprint density at radius 2 is 1.92 bits per heavy atom. The molecule has 1 aliphatic rings. The van der Waals surface area contributed by atoms with E-state index in [9.17, 15) is 9.59 Å². The van der Waals surface area contributed by atoms with Crippen LogP contribution in [0.15, 0.2) is 34.8 Å². The minimum absolute atomic E-state index is 0.344. The van der Waals surface area contributed by atoms with E-state index in [1.165, 1.54) is 4.90 Å². The number of anilines is 1. The van der Waals surface area contributed by atoms with Crippen molar-refractivity contribution < 1.29 is 14.3 Å². The summed E-state index contributed by atoms with van der Waals surface area (Å²) in [5, 5.41) is 1.01. The Hall–Kier alpha value is -1.56. The number of ether oxygens (including phenoxy) is 1. The number of aryl methyl sites for hydroxylation is 1. The van der Waals surface area contributed by atoms with Crippen LogP contribution in [0.3, 0.4) is 0 Å². The summed E-state index contributed by atoms with van der Waals surface area (Å²) in [5.74, 6) is -0.490. The zero-order valence-corrected chi connectivity index (χ0v) is 16.4. The van der Waals surface area contributed by atoms with E-state index >= 15 is 0 Å². The smallest absolute Gasteiger partial charge is 0.299 e. The molecule has 0 radical (unpaired) electrons. The first-order chi connectivity index (χ1) is 11.9. The van der Waals surface area contributed by atoms with Gasteiger partial charge in [-0.25, -0.2) is 0 Å². The highest BCUT2D eigenvalue weighted by atomic mass is 79.9. The average molecular weight is 443 g/mol. The van der Waals surface area contributed by atoms with E-state index in [2.05, 4.69) is 15.9 Å². The van der Waals surface area contributed by atoms with Gasteiger partial charge in [0.2, 0.25) is 0 Å².